The molecule has 0 aromatic heterocycles. The summed E-state index contributed by atoms with van der Waals surface area (Å²) in [6.07, 6.45) is 0. The second-order valence-electron chi connectivity index (χ2n) is 3.47. The summed E-state index contributed by atoms with van der Waals surface area (Å²) in [5.74, 6) is -0.505. The van der Waals surface area contributed by atoms with Crippen LogP contribution in [-0.4, -0.2) is 12.6 Å². The lowest BCUT2D eigenvalue weighted by Crippen LogP contribution is -2.10. The zero-order valence-electron chi connectivity index (χ0n) is 9.10. The second-order valence-corrected chi connectivity index (χ2v) is 3.47. The van der Waals surface area contributed by atoms with Gasteiger partial charge in [0.25, 0.3) is 0 Å². The summed E-state index contributed by atoms with van der Waals surface area (Å²) in [6, 6.07) is 16.6. The first kappa shape index (κ1) is 11.3. The van der Waals surface area contributed by atoms with Crippen LogP contribution in [0.1, 0.15) is 0 Å². The van der Waals surface area contributed by atoms with E-state index in [1.54, 1.807) is 12.1 Å². The second kappa shape index (κ2) is 5.25. The van der Waals surface area contributed by atoms with E-state index in [4.69, 9.17) is 4.74 Å². The normalized spacial score (nSPS) is 9.94. The third-order valence-corrected chi connectivity index (χ3v) is 2.30. The molecule has 0 amide bonds. The van der Waals surface area contributed by atoms with Gasteiger partial charge in [-0.2, -0.15) is 0 Å². The molecule has 2 nitrogen and oxygen atoms in total. The van der Waals surface area contributed by atoms with Crippen molar-refractivity contribution in [2.75, 3.05) is 6.67 Å². The number of hydrogen-bond acceptors (Lipinski definition) is 2. The molecule has 0 N–H and O–H groups in total. The first-order valence-corrected chi connectivity index (χ1v) is 5.22. The van der Waals surface area contributed by atoms with Gasteiger partial charge in [-0.15, -0.1) is 0 Å². The Morgan fingerprint density at radius 1 is 1.00 bits per heavy atom. The minimum absolute atomic E-state index is 0.376. The van der Waals surface area contributed by atoms with Crippen LogP contribution in [0.5, 0.6) is 5.75 Å². The Balaban J connectivity index is 2.38. The van der Waals surface area contributed by atoms with E-state index in [2.05, 4.69) is 0 Å². The predicted octanol–water partition coefficient (Wildman–Crippen LogP) is 3.23. The number of carbonyl (C=O) groups is 1. The maximum atomic E-state index is 12.1. The van der Waals surface area contributed by atoms with Crippen molar-refractivity contribution >= 4 is 5.97 Å². The number of rotatable bonds is 3. The van der Waals surface area contributed by atoms with Gasteiger partial charge in [0, 0.05) is 5.56 Å². The van der Waals surface area contributed by atoms with E-state index in [-0.39, 0.29) is 0 Å². The number of carbonyl (C=O) groups excluding carboxylic acids is 1. The fourth-order valence-electron chi connectivity index (χ4n) is 1.56. The Bertz CT molecular complexity index is 509. The van der Waals surface area contributed by atoms with Gasteiger partial charge in [0.15, 0.2) is 6.67 Å². The highest BCUT2D eigenvalue weighted by Crippen LogP contribution is 2.29. The van der Waals surface area contributed by atoms with E-state index in [9.17, 15) is 9.18 Å². The first-order chi connectivity index (χ1) is 8.31. The van der Waals surface area contributed by atoms with Crippen LogP contribution in [0.15, 0.2) is 54.6 Å². The molecule has 3 heteroatoms. The van der Waals surface area contributed by atoms with E-state index in [0.717, 1.165) is 11.1 Å². The van der Waals surface area contributed by atoms with E-state index in [1.165, 1.54) is 0 Å². The minimum Gasteiger partial charge on any atom is -0.424 e. The number of benzene rings is 2. The molecule has 2 rings (SSSR count). The molecule has 0 fully saturated rings. The number of ether oxygens (including phenoxy) is 1. The van der Waals surface area contributed by atoms with Crippen molar-refractivity contribution in [1.29, 1.82) is 0 Å². The molecule has 2 aromatic carbocycles. The molecule has 0 radical (unpaired) electrons. The largest absolute Gasteiger partial charge is 0.424 e. The number of alkyl halides is 1. The van der Waals surface area contributed by atoms with Gasteiger partial charge in [0.2, 0.25) is 0 Å². The highest BCUT2D eigenvalue weighted by Gasteiger charge is 2.09. The van der Waals surface area contributed by atoms with Crippen LogP contribution in [0.25, 0.3) is 11.1 Å². The van der Waals surface area contributed by atoms with E-state index >= 15 is 0 Å². The summed E-state index contributed by atoms with van der Waals surface area (Å²) in [5.41, 5.74) is 1.70. The van der Waals surface area contributed by atoms with Crippen LogP contribution in [-0.2, 0) is 4.79 Å². The summed E-state index contributed by atoms with van der Waals surface area (Å²) in [6.45, 7) is -1.12. The Morgan fingerprint density at radius 2 is 1.65 bits per heavy atom. The molecular weight excluding hydrogens is 219 g/mol. The summed E-state index contributed by atoms with van der Waals surface area (Å²) in [5, 5.41) is 0. The maximum Gasteiger partial charge on any atom is 0.342 e. The first-order valence-electron chi connectivity index (χ1n) is 5.22. The Kier molecular flexibility index (Phi) is 3.50. The van der Waals surface area contributed by atoms with Crippen molar-refractivity contribution in [3.05, 3.63) is 54.6 Å². The highest BCUT2D eigenvalue weighted by atomic mass is 19.1. The van der Waals surface area contributed by atoms with Crippen LogP contribution in [0.3, 0.4) is 0 Å². The number of esters is 1. The molecule has 2 aromatic rings. The standard InChI is InChI=1S/C14H11FO2/c15-10-14(16)17-13-9-5-4-8-12(13)11-6-2-1-3-7-11/h1-9H,10H2. The summed E-state index contributed by atoms with van der Waals surface area (Å²) >= 11 is 0. The zero-order valence-corrected chi connectivity index (χ0v) is 9.10. The van der Waals surface area contributed by atoms with Gasteiger partial charge in [-0.25, -0.2) is 9.18 Å². The average Bonchev–Trinajstić information content (AvgIpc) is 2.40. The summed E-state index contributed by atoms with van der Waals surface area (Å²) < 4.78 is 17.1. The van der Waals surface area contributed by atoms with E-state index < -0.39 is 12.6 Å². The maximum absolute atomic E-state index is 12.1. The number of halogens is 1. The lowest BCUT2D eigenvalue weighted by molar-refractivity contribution is -0.135. The Hall–Kier alpha value is -2.16. The zero-order chi connectivity index (χ0) is 12.1. The average molecular weight is 230 g/mol. The van der Waals surface area contributed by atoms with Crippen LogP contribution in [0.4, 0.5) is 4.39 Å². The monoisotopic (exact) mass is 230 g/mol. The van der Waals surface area contributed by atoms with Gasteiger partial charge in [0.1, 0.15) is 5.75 Å². The van der Waals surface area contributed by atoms with Crippen LogP contribution < -0.4 is 4.74 Å². The van der Waals surface area contributed by atoms with Gasteiger partial charge in [-0.05, 0) is 11.6 Å². The molecule has 86 valence electrons. The van der Waals surface area contributed by atoms with E-state index in [0.29, 0.717) is 5.75 Å². The molecule has 0 unspecified atom stereocenters. The lowest BCUT2D eigenvalue weighted by Gasteiger charge is -2.08. The molecule has 17 heavy (non-hydrogen) atoms. The lowest BCUT2D eigenvalue weighted by atomic mass is 10.1. The van der Waals surface area contributed by atoms with Gasteiger partial charge in [-0.1, -0.05) is 48.5 Å². The van der Waals surface area contributed by atoms with Gasteiger partial charge < -0.3 is 4.74 Å². The van der Waals surface area contributed by atoms with Crippen molar-refractivity contribution in [2.45, 2.75) is 0 Å². The molecular formula is C14H11FO2. The van der Waals surface area contributed by atoms with E-state index in [1.807, 2.05) is 42.5 Å². The molecule has 0 atom stereocenters. The summed E-state index contributed by atoms with van der Waals surface area (Å²) in [7, 11) is 0. The van der Waals surface area contributed by atoms with Crippen molar-refractivity contribution in [3.8, 4) is 16.9 Å². The smallest absolute Gasteiger partial charge is 0.342 e. The van der Waals surface area contributed by atoms with Crippen LogP contribution in [0, 0.1) is 0 Å². The minimum atomic E-state index is -1.12. The molecule has 0 heterocycles. The molecule has 0 bridgehead atoms. The SMILES string of the molecule is O=C(CF)Oc1ccccc1-c1ccccc1. The van der Waals surface area contributed by atoms with Crippen LogP contribution in [0.2, 0.25) is 0 Å². The Morgan fingerprint density at radius 3 is 2.35 bits per heavy atom. The summed E-state index contributed by atoms with van der Waals surface area (Å²) in [4.78, 5) is 11.0. The molecule has 0 aliphatic rings. The quantitative estimate of drug-likeness (QED) is 0.597. The molecule has 0 aliphatic heterocycles. The van der Waals surface area contributed by atoms with Gasteiger partial charge in [0.05, 0.1) is 0 Å². The van der Waals surface area contributed by atoms with Crippen LogP contribution >= 0.6 is 0 Å². The van der Waals surface area contributed by atoms with Gasteiger partial charge in [-0.3, -0.25) is 0 Å². The Labute approximate surface area is 98.7 Å². The van der Waals surface area contributed by atoms with Crippen molar-refractivity contribution in [3.63, 3.8) is 0 Å². The molecule has 0 saturated carbocycles. The van der Waals surface area contributed by atoms with Crippen molar-refractivity contribution in [2.24, 2.45) is 0 Å². The van der Waals surface area contributed by atoms with Crippen molar-refractivity contribution < 1.29 is 13.9 Å². The third kappa shape index (κ3) is 2.69. The predicted molar refractivity (Wildman–Crippen MR) is 63.5 cm³/mol. The topological polar surface area (TPSA) is 26.3 Å². The number of hydrogen-bond donors (Lipinski definition) is 0. The molecule has 0 saturated heterocycles. The molecule has 0 spiro atoms. The van der Waals surface area contributed by atoms with Gasteiger partial charge >= 0.3 is 5.97 Å². The fraction of sp³-hybridized carbons (Fsp3) is 0.0714. The molecule has 0 aliphatic carbocycles. The highest BCUT2D eigenvalue weighted by molar-refractivity contribution is 5.78. The number of para-hydroxylation sites is 1. The third-order valence-electron chi connectivity index (χ3n) is 2.30. The van der Waals surface area contributed by atoms with Crippen molar-refractivity contribution in [1.82, 2.24) is 0 Å². The fourth-order valence-corrected chi connectivity index (χ4v) is 1.56.